The highest BCUT2D eigenvalue weighted by Gasteiger charge is 2.17. The monoisotopic (exact) mass is 154 g/mol. The second-order valence-corrected chi connectivity index (χ2v) is 2.53. The Morgan fingerprint density at radius 1 is 1.55 bits per heavy atom. The van der Waals surface area contributed by atoms with Crippen molar-refractivity contribution >= 4 is 6.72 Å². The van der Waals surface area contributed by atoms with Crippen LogP contribution in [0.1, 0.15) is 19.3 Å². The summed E-state index contributed by atoms with van der Waals surface area (Å²) in [4.78, 5) is 0. The minimum absolute atomic E-state index is 0.0683. The molecule has 0 aromatic rings. The van der Waals surface area contributed by atoms with Crippen LogP contribution in [0.2, 0.25) is 0 Å². The summed E-state index contributed by atoms with van der Waals surface area (Å²) in [6.07, 6.45) is 5.08. The molecule has 11 heavy (non-hydrogen) atoms. The summed E-state index contributed by atoms with van der Waals surface area (Å²) in [6.45, 7) is 7.87. The number of rotatable bonds is 3. The van der Waals surface area contributed by atoms with Gasteiger partial charge in [-0.05, 0) is 19.3 Å². The van der Waals surface area contributed by atoms with Crippen LogP contribution in [0.15, 0.2) is 17.9 Å². The number of hydrazone groups is 1. The summed E-state index contributed by atoms with van der Waals surface area (Å²) < 4.78 is 5.44. The van der Waals surface area contributed by atoms with Crippen molar-refractivity contribution in [3.05, 3.63) is 12.8 Å². The van der Waals surface area contributed by atoms with E-state index in [1.807, 2.05) is 0 Å². The molecule has 1 heterocycles. The van der Waals surface area contributed by atoms with Gasteiger partial charge >= 0.3 is 0 Å². The third-order valence-corrected chi connectivity index (χ3v) is 1.80. The second-order valence-electron chi connectivity index (χ2n) is 2.53. The lowest BCUT2D eigenvalue weighted by molar-refractivity contribution is -0.0643. The summed E-state index contributed by atoms with van der Waals surface area (Å²) in [6, 6.07) is 0. The molecule has 0 saturated carbocycles. The van der Waals surface area contributed by atoms with E-state index in [2.05, 4.69) is 18.4 Å². The quantitative estimate of drug-likeness (QED) is 0.455. The third-order valence-electron chi connectivity index (χ3n) is 1.80. The molecular weight excluding hydrogens is 140 g/mol. The molecule has 1 fully saturated rings. The molecule has 1 aliphatic heterocycles. The first-order chi connectivity index (χ1) is 5.38. The number of hydrogen-bond donors (Lipinski definition) is 0. The first-order valence-corrected chi connectivity index (χ1v) is 3.87. The van der Waals surface area contributed by atoms with Crippen LogP contribution in [0, 0.1) is 0 Å². The van der Waals surface area contributed by atoms with E-state index in [0.717, 1.165) is 19.4 Å². The zero-order chi connectivity index (χ0) is 8.10. The average Bonchev–Trinajstić information content (AvgIpc) is 2.09. The van der Waals surface area contributed by atoms with Crippen molar-refractivity contribution in [2.75, 3.05) is 6.61 Å². The molecule has 62 valence electrons. The van der Waals surface area contributed by atoms with Crippen LogP contribution in [0.5, 0.6) is 0 Å². The van der Waals surface area contributed by atoms with Gasteiger partial charge < -0.3 is 4.74 Å². The van der Waals surface area contributed by atoms with Gasteiger partial charge in [-0.1, -0.05) is 6.58 Å². The third kappa shape index (κ3) is 2.05. The van der Waals surface area contributed by atoms with Crippen molar-refractivity contribution in [3.8, 4) is 0 Å². The van der Waals surface area contributed by atoms with E-state index >= 15 is 0 Å². The molecule has 0 bridgehead atoms. The van der Waals surface area contributed by atoms with E-state index in [1.165, 1.54) is 6.42 Å². The first kappa shape index (κ1) is 8.27. The molecule has 0 spiro atoms. The zero-order valence-corrected chi connectivity index (χ0v) is 6.70. The van der Waals surface area contributed by atoms with Gasteiger partial charge in [0.15, 0.2) is 0 Å². The second kappa shape index (κ2) is 4.13. The summed E-state index contributed by atoms with van der Waals surface area (Å²) in [5.74, 6) is 0. The Morgan fingerprint density at radius 3 is 2.82 bits per heavy atom. The van der Waals surface area contributed by atoms with Crippen molar-refractivity contribution in [1.82, 2.24) is 5.01 Å². The zero-order valence-electron chi connectivity index (χ0n) is 6.70. The molecule has 0 N–H and O–H groups in total. The van der Waals surface area contributed by atoms with Gasteiger partial charge in [0.2, 0.25) is 0 Å². The van der Waals surface area contributed by atoms with Crippen LogP contribution in [0.4, 0.5) is 0 Å². The maximum absolute atomic E-state index is 5.44. The molecule has 3 heteroatoms. The van der Waals surface area contributed by atoms with Gasteiger partial charge in [0, 0.05) is 19.5 Å². The topological polar surface area (TPSA) is 24.8 Å². The molecule has 0 radical (unpaired) electrons. The normalized spacial score (nSPS) is 24.2. The Bertz CT molecular complexity index is 133. The SMILES string of the molecule is C=CN(N=C)C1CCCCO1. The van der Waals surface area contributed by atoms with Crippen LogP contribution in [-0.4, -0.2) is 24.6 Å². The average molecular weight is 154 g/mol. The van der Waals surface area contributed by atoms with Gasteiger partial charge in [0.1, 0.15) is 6.23 Å². The molecular formula is C8H14N2O. The van der Waals surface area contributed by atoms with E-state index in [4.69, 9.17) is 4.74 Å². The maximum atomic E-state index is 5.44. The molecule has 0 aromatic heterocycles. The van der Waals surface area contributed by atoms with Gasteiger partial charge in [0.25, 0.3) is 0 Å². The molecule has 3 nitrogen and oxygen atoms in total. The fourth-order valence-electron chi connectivity index (χ4n) is 1.20. The molecule has 1 rings (SSSR count). The maximum Gasteiger partial charge on any atom is 0.150 e. The van der Waals surface area contributed by atoms with E-state index in [9.17, 15) is 0 Å². The fourth-order valence-corrected chi connectivity index (χ4v) is 1.20. The predicted molar refractivity (Wildman–Crippen MR) is 45.2 cm³/mol. The number of ether oxygens (including phenoxy) is 1. The standard InChI is InChI=1S/C8H14N2O/c1-3-10(9-2)8-6-4-5-7-11-8/h3,8H,1-2,4-7H2. The Kier molecular flexibility index (Phi) is 3.11. The van der Waals surface area contributed by atoms with Crippen LogP contribution in [-0.2, 0) is 4.74 Å². The van der Waals surface area contributed by atoms with Crippen molar-refractivity contribution in [1.29, 1.82) is 0 Å². The van der Waals surface area contributed by atoms with Crippen LogP contribution in [0.3, 0.4) is 0 Å². The van der Waals surface area contributed by atoms with Gasteiger partial charge in [-0.3, -0.25) is 0 Å². The molecule has 1 unspecified atom stereocenters. The highest BCUT2D eigenvalue weighted by molar-refractivity contribution is 5.22. The highest BCUT2D eigenvalue weighted by Crippen LogP contribution is 2.16. The summed E-state index contributed by atoms with van der Waals surface area (Å²) in [5, 5.41) is 5.44. The summed E-state index contributed by atoms with van der Waals surface area (Å²) in [7, 11) is 0. The van der Waals surface area contributed by atoms with Crippen LogP contribution in [0.25, 0.3) is 0 Å². The molecule has 1 atom stereocenters. The molecule has 1 saturated heterocycles. The van der Waals surface area contributed by atoms with E-state index in [1.54, 1.807) is 11.2 Å². The van der Waals surface area contributed by atoms with Crippen molar-refractivity contribution < 1.29 is 4.74 Å². The Labute approximate surface area is 67.3 Å². The lowest BCUT2D eigenvalue weighted by Crippen LogP contribution is -2.31. The molecule has 0 aliphatic carbocycles. The predicted octanol–water partition coefficient (Wildman–Crippen LogP) is 1.57. The lowest BCUT2D eigenvalue weighted by Gasteiger charge is -2.28. The summed E-state index contributed by atoms with van der Waals surface area (Å²) in [5.41, 5.74) is 0. The minimum Gasteiger partial charge on any atom is -0.357 e. The Balaban J connectivity index is 2.42. The van der Waals surface area contributed by atoms with Gasteiger partial charge in [-0.2, -0.15) is 5.10 Å². The Morgan fingerprint density at radius 2 is 2.36 bits per heavy atom. The molecule has 0 aromatic carbocycles. The Hall–Kier alpha value is -0.830. The molecule has 0 amide bonds. The smallest absolute Gasteiger partial charge is 0.150 e. The first-order valence-electron chi connectivity index (χ1n) is 3.87. The highest BCUT2D eigenvalue weighted by atomic mass is 16.5. The number of hydrogen-bond acceptors (Lipinski definition) is 3. The van der Waals surface area contributed by atoms with Crippen LogP contribution >= 0.6 is 0 Å². The van der Waals surface area contributed by atoms with E-state index in [0.29, 0.717) is 0 Å². The van der Waals surface area contributed by atoms with Crippen molar-refractivity contribution in [2.24, 2.45) is 5.10 Å². The minimum atomic E-state index is 0.0683. The van der Waals surface area contributed by atoms with Crippen molar-refractivity contribution in [2.45, 2.75) is 25.5 Å². The van der Waals surface area contributed by atoms with E-state index in [-0.39, 0.29) is 6.23 Å². The number of nitrogens with zero attached hydrogens (tertiary/aromatic N) is 2. The van der Waals surface area contributed by atoms with Gasteiger partial charge in [0.05, 0.1) is 0 Å². The van der Waals surface area contributed by atoms with Crippen LogP contribution < -0.4 is 0 Å². The van der Waals surface area contributed by atoms with Gasteiger partial charge in [-0.15, -0.1) is 0 Å². The van der Waals surface area contributed by atoms with Gasteiger partial charge in [-0.25, -0.2) is 5.01 Å². The molecule has 1 aliphatic rings. The fraction of sp³-hybridized carbons (Fsp3) is 0.625. The largest absolute Gasteiger partial charge is 0.357 e. The van der Waals surface area contributed by atoms with Crippen molar-refractivity contribution in [3.63, 3.8) is 0 Å². The van der Waals surface area contributed by atoms with E-state index < -0.39 is 0 Å². The summed E-state index contributed by atoms with van der Waals surface area (Å²) >= 11 is 0. The lowest BCUT2D eigenvalue weighted by atomic mass is 10.2.